The van der Waals surface area contributed by atoms with Crippen LogP contribution >= 0.6 is 0 Å². The largest absolute Gasteiger partial charge is 0.292 e. The summed E-state index contributed by atoms with van der Waals surface area (Å²) in [5, 5.41) is 16.3. The predicted molar refractivity (Wildman–Crippen MR) is 74.0 cm³/mol. The summed E-state index contributed by atoms with van der Waals surface area (Å²) in [4.78, 5) is 2.36. The molecule has 1 aliphatic heterocycles. The van der Waals surface area contributed by atoms with E-state index >= 15 is 0 Å². The molecular formula is C13H21N7. The van der Waals surface area contributed by atoms with Gasteiger partial charge in [0.2, 0.25) is 0 Å². The van der Waals surface area contributed by atoms with Gasteiger partial charge in [0, 0.05) is 25.8 Å². The van der Waals surface area contributed by atoms with Crippen LogP contribution in [0.3, 0.4) is 0 Å². The SMILES string of the molecule is CCCCn1nnnc1CN1CC(n2cc(C)cn2)C1. The lowest BCUT2D eigenvalue weighted by Gasteiger charge is -2.38. The maximum Gasteiger partial charge on any atom is 0.165 e. The summed E-state index contributed by atoms with van der Waals surface area (Å²) in [6, 6.07) is 0.490. The second-order valence-electron chi connectivity index (χ2n) is 5.52. The van der Waals surface area contributed by atoms with Crippen molar-refractivity contribution in [2.75, 3.05) is 13.1 Å². The highest BCUT2D eigenvalue weighted by Gasteiger charge is 2.29. The number of likely N-dealkylation sites (tertiary alicyclic amines) is 1. The molecule has 0 aromatic carbocycles. The van der Waals surface area contributed by atoms with Crippen LogP contribution in [0.2, 0.25) is 0 Å². The van der Waals surface area contributed by atoms with Crippen LogP contribution in [-0.2, 0) is 13.1 Å². The fourth-order valence-corrected chi connectivity index (χ4v) is 2.49. The first kappa shape index (κ1) is 13.2. The average Bonchev–Trinajstić information content (AvgIpc) is 2.99. The summed E-state index contributed by atoms with van der Waals surface area (Å²) >= 11 is 0. The van der Waals surface area contributed by atoms with E-state index in [1.165, 1.54) is 5.56 Å². The van der Waals surface area contributed by atoms with Crippen molar-refractivity contribution in [2.45, 2.75) is 45.8 Å². The van der Waals surface area contributed by atoms with E-state index in [9.17, 15) is 0 Å². The van der Waals surface area contributed by atoms with Crippen molar-refractivity contribution in [1.82, 2.24) is 34.9 Å². The molecule has 1 aliphatic rings. The van der Waals surface area contributed by atoms with Crippen molar-refractivity contribution in [1.29, 1.82) is 0 Å². The Morgan fingerprint density at radius 3 is 2.90 bits per heavy atom. The summed E-state index contributed by atoms with van der Waals surface area (Å²) < 4.78 is 3.99. The zero-order valence-electron chi connectivity index (χ0n) is 12.1. The fraction of sp³-hybridized carbons (Fsp3) is 0.692. The zero-order chi connectivity index (χ0) is 13.9. The van der Waals surface area contributed by atoms with Gasteiger partial charge in [0.25, 0.3) is 0 Å². The average molecular weight is 275 g/mol. The van der Waals surface area contributed by atoms with Gasteiger partial charge in [-0.2, -0.15) is 5.10 Å². The summed E-state index contributed by atoms with van der Waals surface area (Å²) in [5.41, 5.74) is 1.21. The molecule has 7 nitrogen and oxygen atoms in total. The van der Waals surface area contributed by atoms with Crippen LogP contribution in [0.15, 0.2) is 12.4 Å². The van der Waals surface area contributed by atoms with E-state index in [1.54, 1.807) is 0 Å². The molecule has 0 spiro atoms. The van der Waals surface area contributed by atoms with E-state index < -0.39 is 0 Å². The minimum atomic E-state index is 0.490. The van der Waals surface area contributed by atoms with Crippen LogP contribution in [0.25, 0.3) is 0 Å². The van der Waals surface area contributed by atoms with Gasteiger partial charge in [-0.05, 0) is 29.3 Å². The Balaban J connectivity index is 1.52. The molecule has 0 unspecified atom stereocenters. The second-order valence-corrected chi connectivity index (χ2v) is 5.52. The first-order valence-corrected chi connectivity index (χ1v) is 7.24. The van der Waals surface area contributed by atoms with Crippen LogP contribution in [0, 0.1) is 6.92 Å². The van der Waals surface area contributed by atoms with Gasteiger partial charge < -0.3 is 0 Å². The van der Waals surface area contributed by atoms with E-state index in [4.69, 9.17) is 0 Å². The molecule has 2 aromatic heterocycles. The first-order valence-electron chi connectivity index (χ1n) is 7.24. The molecule has 0 N–H and O–H groups in total. The molecule has 7 heteroatoms. The number of nitrogens with zero attached hydrogens (tertiary/aromatic N) is 7. The van der Waals surface area contributed by atoms with Crippen molar-refractivity contribution in [3.05, 3.63) is 23.8 Å². The predicted octanol–water partition coefficient (Wildman–Crippen LogP) is 1.04. The Labute approximate surface area is 118 Å². The van der Waals surface area contributed by atoms with E-state index in [1.807, 2.05) is 10.9 Å². The lowest BCUT2D eigenvalue weighted by atomic mass is 10.1. The van der Waals surface area contributed by atoms with Crippen molar-refractivity contribution < 1.29 is 0 Å². The molecule has 20 heavy (non-hydrogen) atoms. The minimum absolute atomic E-state index is 0.490. The lowest BCUT2D eigenvalue weighted by molar-refractivity contribution is 0.0863. The molecule has 1 saturated heterocycles. The lowest BCUT2D eigenvalue weighted by Crippen LogP contribution is -2.47. The van der Waals surface area contributed by atoms with Gasteiger partial charge in [0.1, 0.15) is 0 Å². The van der Waals surface area contributed by atoms with Crippen molar-refractivity contribution in [3.8, 4) is 0 Å². The van der Waals surface area contributed by atoms with Gasteiger partial charge in [-0.25, -0.2) is 4.68 Å². The summed E-state index contributed by atoms with van der Waals surface area (Å²) in [7, 11) is 0. The molecule has 108 valence electrons. The van der Waals surface area contributed by atoms with Gasteiger partial charge in [-0.3, -0.25) is 9.58 Å². The van der Waals surface area contributed by atoms with Gasteiger partial charge in [0.05, 0.1) is 18.8 Å². The molecule has 0 radical (unpaired) electrons. The number of aromatic nitrogens is 6. The van der Waals surface area contributed by atoms with Gasteiger partial charge in [0.15, 0.2) is 5.82 Å². The maximum absolute atomic E-state index is 4.37. The Morgan fingerprint density at radius 1 is 1.35 bits per heavy atom. The van der Waals surface area contributed by atoms with Crippen LogP contribution in [0.4, 0.5) is 0 Å². The Kier molecular flexibility index (Phi) is 3.77. The van der Waals surface area contributed by atoms with Crippen LogP contribution in [0.1, 0.15) is 37.2 Å². The topological polar surface area (TPSA) is 64.7 Å². The fourth-order valence-electron chi connectivity index (χ4n) is 2.49. The van der Waals surface area contributed by atoms with Gasteiger partial charge in [-0.15, -0.1) is 5.10 Å². The zero-order valence-corrected chi connectivity index (χ0v) is 12.1. The number of rotatable bonds is 6. The normalized spacial score (nSPS) is 16.5. The second kappa shape index (κ2) is 5.70. The third-order valence-corrected chi connectivity index (χ3v) is 3.74. The van der Waals surface area contributed by atoms with Crippen LogP contribution < -0.4 is 0 Å². The number of unbranched alkanes of at least 4 members (excludes halogenated alkanes) is 1. The maximum atomic E-state index is 4.37. The minimum Gasteiger partial charge on any atom is -0.292 e. The Morgan fingerprint density at radius 2 is 2.20 bits per heavy atom. The first-order chi connectivity index (χ1) is 9.76. The highest BCUT2D eigenvalue weighted by Crippen LogP contribution is 2.22. The standard InChI is InChI=1S/C13H21N7/c1-3-4-5-19-13(15-16-17-19)10-18-8-12(9-18)20-7-11(2)6-14-20/h6-7,12H,3-5,8-10H2,1-2H3. The van der Waals surface area contributed by atoms with Crippen LogP contribution in [-0.4, -0.2) is 48.0 Å². The highest BCUT2D eigenvalue weighted by molar-refractivity contribution is 5.02. The molecule has 3 rings (SSSR count). The number of hydrogen-bond donors (Lipinski definition) is 0. The van der Waals surface area contributed by atoms with E-state index in [2.05, 4.69) is 50.3 Å². The van der Waals surface area contributed by atoms with Crippen LogP contribution in [0.5, 0.6) is 0 Å². The van der Waals surface area contributed by atoms with Crippen molar-refractivity contribution in [2.24, 2.45) is 0 Å². The van der Waals surface area contributed by atoms with Crippen molar-refractivity contribution in [3.63, 3.8) is 0 Å². The van der Waals surface area contributed by atoms with E-state index in [0.29, 0.717) is 6.04 Å². The van der Waals surface area contributed by atoms with E-state index in [0.717, 1.165) is 44.8 Å². The Hall–Kier alpha value is -1.76. The molecule has 3 heterocycles. The molecule has 1 fully saturated rings. The highest BCUT2D eigenvalue weighted by atomic mass is 15.5. The van der Waals surface area contributed by atoms with E-state index in [-0.39, 0.29) is 0 Å². The monoisotopic (exact) mass is 275 g/mol. The molecule has 0 amide bonds. The summed E-state index contributed by atoms with van der Waals surface area (Å²) in [6.07, 6.45) is 6.29. The third kappa shape index (κ3) is 2.72. The molecule has 0 atom stereocenters. The number of hydrogen-bond acceptors (Lipinski definition) is 5. The van der Waals surface area contributed by atoms with Crippen molar-refractivity contribution >= 4 is 0 Å². The number of tetrazole rings is 1. The van der Waals surface area contributed by atoms with Gasteiger partial charge in [-0.1, -0.05) is 13.3 Å². The summed E-state index contributed by atoms with van der Waals surface area (Å²) in [5.74, 6) is 0.966. The molecule has 0 saturated carbocycles. The molecular weight excluding hydrogens is 254 g/mol. The number of aryl methyl sites for hydroxylation is 2. The molecule has 2 aromatic rings. The summed E-state index contributed by atoms with van der Waals surface area (Å²) in [6.45, 7) is 8.02. The smallest absolute Gasteiger partial charge is 0.165 e. The quantitative estimate of drug-likeness (QED) is 0.788. The Bertz CT molecular complexity index is 553. The van der Waals surface area contributed by atoms with Gasteiger partial charge >= 0.3 is 0 Å². The molecule has 0 bridgehead atoms. The molecule has 0 aliphatic carbocycles. The third-order valence-electron chi connectivity index (χ3n) is 3.74.